The summed E-state index contributed by atoms with van der Waals surface area (Å²) in [5.41, 5.74) is -1.13. The van der Waals surface area contributed by atoms with Crippen LogP contribution >= 0.6 is 11.3 Å². The van der Waals surface area contributed by atoms with E-state index in [1.54, 1.807) is 6.08 Å². The zero-order chi connectivity index (χ0) is 9.03. The quantitative estimate of drug-likeness (QED) is 0.696. The van der Waals surface area contributed by atoms with Crippen molar-refractivity contribution in [3.63, 3.8) is 0 Å². The van der Waals surface area contributed by atoms with Crippen molar-refractivity contribution in [3.8, 4) is 0 Å². The maximum atomic E-state index is 9.87. The Bertz CT molecular complexity index is 243. The Labute approximate surface area is 75.8 Å². The first-order chi connectivity index (χ1) is 5.73. The van der Waals surface area contributed by atoms with Crippen LogP contribution in [0.4, 0.5) is 0 Å². The molecule has 2 N–H and O–H groups in total. The van der Waals surface area contributed by atoms with Crippen molar-refractivity contribution < 1.29 is 10.2 Å². The second kappa shape index (κ2) is 3.85. The fourth-order valence-electron chi connectivity index (χ4n) is 1.03. The summed E-state index contributed by atoms with van der Waals surface area (Å²) < 4.78 is 0. The van der Waals surface area contributed by atoms with Crippen molar-refractivity contribution in [3.05, 3.63) is 35.0 Å². The van der Waals surface area contributed by atoms with E-state index >= 15 is 0 Å². The summed E-state index contributed by atoms with van der Waals surface area (Å²) in [5, 5.41) is 20.7. The number of hydrogen-bond donors (Lipinski definition) is 2. The molecule has 0 fully saturated rings. The van der Waals surface area contributed by atoms with Crippen LogP contribution < -0.4 is 0 Å². The number of aliphatic hydroxyl groups is 2. The highest BCUT2D eigenvalue weighted by Crippen LogP contribution is 2.28. The predicted octanol–water partition coefficient (Wildman–Crippen LogP) is 1.50. The first-order valence-corrected chi connectivity index (χ1v) is 4.59. The van der Waals surface area contributed by atoms with Gasteiger partial charge in [-0.3, -0.25) is 0 Å². The van der Waals surface area contributed by atoms with Gasteiger partial charge in [-0.2, -0.15) is 0 Å². The van der Waals surface area contributed by atoms with Gasteiger partial charge in [-0.25, -0.2) is 0 Å². The molecule has 12 heavy (non-hydrogen) atoms. The minimum Gasteiger partial charge on any atom is -0.393 e. The molecular weight excluding hydrogens is 172 g/mol. The van der Waals surface area contributed by atoms with Gasteiger partial charge in [-0.15, -0.1) is 17.9 Å². The van der Waals surface area contributed by atoms with Crippen molar-refractivity contribution in [2.75, 3.05) is 6.61 Å². The summed E-state index contributed by atoms with van der Waals surface area (Å²) in [6, 6.07) is 3.66. The molecule has 2 nitrogen and oxygen atoms in total. The van der Waals surface area contributed by atoms with Crippen molar-refractivity contribution in [2.24, 2.45) is 0 Å². The molecule has 1 aromatic heterocycles. The van der Waals surface area contributed by atoms with Crippen LogP contribution in [0.1, 0.15) is 11.3 Å². The lowest BCUT2D eigenvalue weighted by Gasteiger charge is -2.22. The summed E-state index contributed by atoms with van der Waals surface area (Å²) in [5.74, 6) is 0. The molecule has 1 rings (SSSR count). The Kier molecular flexibility index (Phi) is 3.03. The van der Waals surface area contributed by atoms with Gasteiger partial charge in [0.25, 0.3) is 0 Å². The SMILES string of the molecule is C=CCC(O)(CO)c1cccs1. The number of thiophene rings is 1. The average Bonchev–Trinajstić information content (AvgIpc) is 2.57. The lowest BCUT2D eigenvalue weighted by molar-refractivity contribution is -0.0134. The van der Waals surface area contributed by atoms with E-state index in [2.05, 4.69) is 6.58 Å². The van der Waals surface area contributed by atoms with Crippen LogP contribution in [0.25, 0.3) is 0 Å². The summed E-state index contributed by atoms with van der Waals surface area (Å²) in [4.78, 5) is 0.782. The van der Waals surface area contributed by atoms with Crippen LogP contribution in [0.2, 0.25) is 0 Å². The molecular formula is C9H12O2S. The van der Waals surface area contributed by atoms with E-state index in [-0.39, 0.29) is 6.61 Å². The first kappa shape index (κ1) is 9.45. The van der Waals surface area contributed by atoms with Gasteiger partial charge >= 0.3 is 0 Å². The molecule has 0 amide bonds. The Morgan fingerprint density at radius 2 is 2.42 bits per heavy atom. The van der Waals surface area contributed by atoms with Gasteiger partial charge in [0, 0.05) is 11.3 Å². The number of rotatable bonds is 4. The van der Waals surface area contributed by atoms with Crippen molar-refractivity contribution >= 4 is 11.3 Å². The van der Waals surface area contributed by atoms with Crippen LogP contribution in [-0.2, 0) is 5.60 Å². The van der Waals surface area contributed by atoms with E-state index < -0.39 is 5.60 Å². The average molecular weight is 184 g/mol. The Balaban J connectivity index is 2.87. The third-order valence-corrected chi connectivity index (χ3v) is 2.79. The number of hydrogen-bond acceptors (Lipinski definition) is 3. The monoisotopic (exact) mass is 184 g/mol. The topological polar surface area (TPSA) is 40.5 Å². The molecule has 0 radical (unpaired) electrons. The van der Waals surface area contributed by atoms with Gasteiger partial charge in [-0.1, -0.05) is 12.1 Å². The molecule has 1 atom stereocenters. The molecule has 0 bridgehead atoms. The summed E-state index contributed by atoms with van der Waals surface area (Å²) in [6.45, 7) is 3.27. The molecule has 66 valence electrons. The van der Waals surface area contributed by atoms with Crippen LogP contribution in [0.15, 0.2) is 30.2 Å². The predicted molar refractivity (Wildman–Crippen MR) is 50.1 cm³/mol. The third kappa shape index (κ3) is 1.75. The van der Waals surface area contributed by atoms with Gasteiger partial charge in [0.2, 0.25) is 0 Å². The van der Waals surface area contributed by atoms with Gasteiger partial charge in [0.15, 0.2) is 0 Å². The van der Waals surface area contributed by atoms with E-state index in [9.17, 15) is 5.11 Å². The molecule has 0 aromatic carbocycles. The molecule has 0 aliphatic carbocycles. The van der Waals surface area contributed by atoms with Gasteiger partial charge < -0.3 is 10.2 Å². The van der Waals surface area contributed by atoms with Crippen molar-refractivity contribution in [2.45, 2.75) is 12.0 Å². The maximum absolute atomic E-state index is 9.87. The van der Waals surface area contributed by atoms with Crippen LogP contribution in [-0.4, -0.2) is 16.8 Å². The second-order valence-electron chi connectivity index (χ2n) is 2.66. The molecule has 3 heteroatoms. The molecule has 0 saturated carbocycles. The molecule has 1 heterocycles. The smallest absolute Gasteiger partial charge is 0.125 e. The van der Waals surface area contributed by atoms with Crippen LogP contribution in [0.3, 0.4) is 0 Å². The standard InChI is InChI=1S/C9H12O2S/c1-2-5-9(11,7-10)8-4-3-6-12-8/h2-4,6,10-11H,1,5,7H2. The third-order valence-electron chi connectivity index (χ3n) is 1.72. The normalized spacial score (nSPS) is 15.5. The molecule has 1 unspecified atom stereocenters. The molecule has 0 spiro atoms. The van der Waals surface area contributed by atoms with Crippen LogP contribution in [0.5, 0.6) is 0 Å². The van der Waals surface area contributed by atoms with E-state index in [0.29, 0.717) is 6.42 Å². The Hall–Kier alpha value is -0.640. The first-order valence-electron chi connectivity index (χ1n) is 3.71. The fourth-order valence-corrected chi connectivity index (χ4v) is 1.85. The van der Waals surface area contributed by atoms with Crippen molar-refractivity contribution in [1.29, 1.82) is 0 Å². The van der Waals surface area contributed by atoms with E-state index in [0.717, 1.165) is 4.88 Å². The minimum atomic E-state index is -1.13. The van der Waals surface area contributed by atoms with Gasteiger partial charge in [-0.05, 0) is 11.4 Å². The lowest BCUT2D eigenvalue weighted by Crippen LogP contribution is -2.28. The van der Waals surface area contributed by atoms with Gasteiger partial charge in [0.1, 0.15) is 5.60 Å². The zero-order valence-corrected chi connectivity index (χ0v) is 7.55. The minimum absolute atomic E-state index is 0.264. The second-order valence-corrected chi connectivity index (χ2v) is 3.61. The Morgan fingerprint density at radius 1 is 1.67 bits per heavy atom. The highest BCUT2D eigenvalue weighted by molar-refractivity contribution is 7.10. The molecule has 1 aromatic rings. The van der Waals surface area contributed by atoms with E-state index in [4.69, 9.17) is 5.11 Å². The number of aliphatic hydroxyl groups excluding tert-OH is 1. The fraction of sp³-hybridized carbons (Fsp3) is 0.333. The highest BCUT2D eigenvalue weighted by Gasteiger charge is 2.27. The van der Waals surface area contributed by atoms with Crippen LogP contribution in [0, 0.1) is 0 Å². The van der Waals surface area contributed by atoms with E-state index in [1.807, 2.05) is 17.5 Å². The highest BCUT2D eigenvalue weighted by atomic mass is 32.1. The van der Waals surface area contributed by atoms with E-state index in [1.165, 1.54) is 11.3 Å². The molecule has 0 aliphatic rings. The lowest BCUT2D eigenvalue weighted by atomic mass is 9.99. The Morgan fingerprint density at radius 3 is 2.83 bits per heavy atom. The van der Waals surface area contributed by atoms with Crippen molar-refractivity contribution in [1.82, 2.24) is 0 Å². The zero-order valence-electron chi connectivity index (χ0n) is 6.73. The summed E-state index contributed by atoms with van der Waals surface area (Å²) in [7, 11) is 0. The largest absolute Gasteiger partial charge is 0.393 e. The molecule has 0 saturated heterocycles. The maximum Gasteiger partial charge on any atom is 0.125 e. The molecule has 0 aliphatic heterocycles. The summed E-state index contributed by atoms with van der Waals surface area (Å²) >= 11 is 1.44. The summed E-state index contributed by atoms with van der Waals surface area (Å²) in [6.07, 6.45) is 1.99. The van der Waals surface area contributed by atoms with Gasteiger partial charge in [0.05, 0.1) is 6.61 Å².